The number of benzene rings is 3. The number of rotatable bonds is 2. The minimum absolute atomic E-state index is 0.836. The number of halogens is 1. The van der Waals surface area contributed by atoms with Crippen molar-refractivity contribution in [3.05, 3.63) is 89.5 Å². The normalized spacial score (nSPS) is 11.3. The van der Waals surface area contributed by atoms with Crippen LogP contribution >= 0.6 is 15.9 Å². The predicted octanol–water partition coefficient (Wildman–Crippen LogP) is 6.00. The molecule has 0 amide bonds. The highest BCUT2D eigenvalue weighted by Crippen LogP contribution is 2.31. The molecule has 0 bridgehead atoms. The first-order valence-electron chi connectivity index (χ1n) is 8.39. The molecule has 0 fully saturated rings. The minimum Gasteiger partial charge on any atom is -0.299 e. The SMILES string of the molecule is Brc1cccc2c1ccn2-c1nc2ccccc2nc1-c1ccccc1. The van der Waals surface area contributed by atoms with Crippen LogP contribution in [-0.4, -0.2) is 14.5 Å². The van der Waals surface area contributed by atoms with Crippen LogP contribution in [0.2, 0.25) is 0 Å². The lowest BCUT2D eigenvalue weighted by Gasteiger charge is -2.12. The van der Waals surface area contributed by atoms with Crippen LogP contribution in [0.5, 0.6) is 0 Å². The molecular formula is C22H14BrN3. The van der Waals surface area contributed by atoms with Gasteiger partial charge in [-0.15, -0.1) is 0 Å². The molecule has 2 heterocycles. The van der Waals surface area contributed by atoms with Crippen molar-refractivity contribution in [3.63, 3.8) is 0 Å². The quantitative estimate of drug-likeness (QED) is 0.364. The van der Waals surface area contributed by atoms with Crippen molar-refractivity contribution in [2.24, 2.45) is 0 Å². The van der Waals surface area contributed by atoms with Gasteiger partial charge in [0.1, 0.15) is 5.69 Å². The van der Waals surface area contributed by atoms with Crippen LogP contribution in [0, 0.1) is 0 Å². The van der Waals surface area contributed by atoms with E-state index in [0.717, 1.165) is 43.5 Å². The monoisotopic (exact) mass is 399 g/mol. The lowest BCUT2D eigenvalue weighted by molar-refractivity contribution is 1.04. The average molecular weight is 400 g/mol. The number of para-hydroxylation sites is 2. The smallest absolute Gasteiger partial charge is 0.164 e. The van der Waals surface area contributed by atoms with E-state index in [1.54, 1.807) is 0 Å². The summed E-state index contributed by atoms with van der Waals surface area (Å²) in [6, 6.07) is 26.5. The van der Waals surface area contributed by atoms with Crippen LogP contribution in [0.15, 0.2) is 89.5 Å². The van der Waals surface area contributed by atoms with Crippen molar-refractivity contribution in [1.82, 2.24) is 14.5 Å². The van der Waals surface area contributed by atoms with E-state index in [4.69, 9.17) is 9.97 Å². The van der Waals surface area contributed by atoms with Crippen molar-refractivity contribution in [3.8, 4) is 17.1 Å². The number of nitrogens with zero attached hydrogens (tertiary/aromatic N) is 3. The minimum atomic E-state index is 0.836. The molecule has 3 aromatic carbocycles. The van der Waals surface area contributed by atoms with Crippen molar-refractivity contribution >= 4 is 37.9 Å². The number of hydrogen-bond donors (Lipinski definition) is 0. The summed E-state index contributed by atoms with van der Waals surface area (Å²) in [5.74, 6) is 0.836. The summed E-state index contributed by atoms with van der Waals surface area (Å²) in [5, 5.41) is 1.15. The highest BCUT2D eigenvalue weighted by molar-refractivity contribution is 9.10. The molecule has 0 aliphatic rings. The van der Waals surface area contributed by atoms with Gasteiger partial charge in [-0.1, -0.05) is 64.5 Å². The van der Waals surface area contributed by atoms with Gasteiger partial charge in [0.05, 0.1) is 16.6 Å². The number of aromatic nitrogens is 3. The Hall–Kier alpha value is -2.98. The number of hydrogen-bond acceptors (Lipinski definition) is 2. The molecule has 124 valence electrons. The van der Waals surface area contributed by atoms with Crippen molar-refractivity contribution in [2.45, 2.75) is 0 Å². The molecule has 3 nitrogen and oxygen atoms in total. The van der Waals surface area contributed by atoms with Crippen molar-refractivity contribution in [1.29, 1.82) is 0 Å². The summed E-state index contributed by atoms with van der Waals surface area (Å²) in [7, 11) is 0. The molecule has 0 saturated carbocycles. The van der Waals surface area contributed by atoms with Gasteiger partial charge in [0.25, 0.3) is 0 Å². The van der Waals surface area contributed by atoms with Gasteiger partial charge < -0.3 is 0 Å². The Morgan fingerprint density at radius 3 is 2.23 bits per heavy atom. The van der Waals surface area contributed by atoms with Gasteiger partial charge in [0.15, 0.2) is 5.82 Å². The average Bonchev–Trinajstić information content (AvgIpc) is 3.13. The Balaban J connectivity index is 1.87. The molecule has 0 N–H and O–H groups in total. The standard InChI is InChI=1S/C22H14BrN3/c23-17-9-6-12-20-16(17)13-14-26(20)22-21(15-7-2-1-3-8-15)24-18-10-4-5-11-19(18)25-22/h1-14H. The van der Waals surface area contributed by atoms with Crippen LogP contribution in [-0.2, 0) is 0 Å². The second-order valence-electron chi connectivity index (χ2n) is 6.11. The third kappa shape index (κ3) is 2.42. The third-order valence-electron chi connectivity index (χ3n) is 4.51. The van der Waals surface area contributed by atoms with E-state index in [1.807, 2.05) is 48.5 Å². The molecular weight excluding hydrogens is 386 g/mol. The maximum atomic E-state index is 4.96. The highest BCUT2D eigenvalue weighted by atomic mass is 79.9. The van der Waals surface area contributed by atoms with Crippen LogP contribution < -0.4 is 0 Å². The summed E-state index contributed by atoms with van der Waals surface area (Å²) in [6.07, 6.45) is 2.06. The Labute approximate surface area is 159 Å². The Morgan fingerprint density at radius 1 is 0.692 bits per heavy atom. The third-order valence-corrected chi connectivity index (χ3v) is 5.20. The fourth-order valence-electron chi connectivity index (χ4n) is 3.26. The van der Waals surface area contributed by atoms with Gasteiger partial charge in [-0.25, -0.2) is 9.97 Å². The molecule has 5 aromatic rings. The zero-order valence-corrected chi connectivity index (χ0v) is 15.4. The first kappa shape index (κ1) is 15.3. The molecule has 0 spiro atoms. The summed E-state index contributed by atoms with van der Waals surface area (Å²) < 4.78 is 3.19. The molecule has 0 aliphatic heterocycles. The number of fused-ring (bicyclic) bond motifs is 2. The first-order chi connectivity index (χ1) is 12.8. The second-order valence-corrected chi connectivity index (χ2v) is 6.96. The predicted molar refractivity (Wildman–Crippen MR) is 110 cm³/mol. The molecule has 2 aromatic heterocycles. The van der Waals surface area contributed by atoms with Gasteiger partial charge in [-0.3, -0.25) is 4.57 Å². The fraction of sp³-hybridized carbons (Fsp3) is 0. The largest absolute Gasteiger partial charge is 0.299 e. The maximum absolute atomic E-state index is 4.96. The molecule has 5 rings (SSSR count). The molecule has 0 radical (unpaired) electrons. The molecule has 0 atom stereocenters. The Bertz CT molecular complexity index is 1240. The van der Waals surface area contributed by atoms with Crippen molar-refractivity contribution < 1.29 is 0 Å². The van der Waals surface area contributed by atoms with E-state index in [1.165, 1.54) is 0 Å². The molecule has 4 heteroatoms. The highest BCUT2D eigenvalue weighted by Gasteiger charge is 2.15. The van der Waals surface area contributed by atoms with Crippen LogP contribution in [0.4, 0.5) is 0 Å². The Kier molecular flexibility index (Phi) is 3.57. The van der Waals surface area contributed by atoms with Gasteiger partial charge in [-0.2, -0.15) is 0 Å². The van der Waals surface area contributed by atoms with Crippen LogP contribution in [0.1, 0.15) is 0 Å². The lowest BCUT2D eigenvalue weighted by Crippen LogP contribution is -2.02. The van der Waals surface area contributed by atoms with Crippen LogP contribution in [0.25, 0.3) is 39.0 Å². The molecule has 26 heavy (non-hydrogen) atoms. The zero-order valence-electron chi connectivity index (χ0n) is 13.8. The topological polar surface area (TPSA) is 30.7 Å². The van der Waals surface area contributed by atoms with E-state index >= 15 is 0 Å². The summed E-state index contributed by atoms with van der Waals surface area (Å²) >= 11 is 3.64. The maximum Gasteiger partial charge on any atom is 0.164 e. The second kappa shape index (κ2) is 6.07. The van der Waals surface area contributed by atoms with E-state index in [9.17, 15) is 0 Å². The van der Waals surface area contributed by atoms with Gasteiger partial charge in [0, 0.05) is 21.6 Å². The van der Waals surface area contributed by atoms with E-state index in [-0.39, 0.29) is 0 Å². The summed E-state index contributed by atoms with van der Waals surface area (Å²) in [5.41, 5.74) is 4.81. The first-order valence-corrected chi connectivity index (χ1v) is 9.19. The summed E-state index contributed by atoms with van der Waals surface area (Å²) in [4.78, 5) is 9.89. The fourth-order valence-corrected chi connectivity index (χ4v) is 3.75. The van der Waals surface area contributed by atoms with E-state index in [2.05, 4.69) is 57.0 Å². The molecule has 0 unspecified atom stereocenters. The lowest BCUT2D eigenvalue weighted by atomic mass is 10.1. The zero-order chi connectivity index (χ0) is 17.5. The van der Waals surface area contributed by atoms with Crippen LogP contribution in [0.3, 0.4) is 0 Å². The van der Waals surface area contributed by atoms with E-state index < -0.39 is 0 Å². The van der Waals surface area contributed by atoms with E-state index in [0.29, 0.717) is 0 Å². The molecule has 0 aliphatic carbocycles. The van der Waals surface area contributed by atoms with Crippen molar-refractivity contribution in [2.75, 3.05) is 0 Å². The van der Waals surface area contributed by atoms with Gasteiger partial charge in [-0.05, 0) is 30.3 Å². The van der Waals surface area contributed by atoms with Gasteiger partial charge >= 0.3 is 0 Å². The Morgan fingerprint density at radius 2 is 1.42 bits per heavy atom. The van der Waals surface area contributed by atoms with Gasteiger partial charge in [0.2, 0.25) is 0 Å². The summed E-state index contributed by atoms with van der Waals surface area (Å²) in [6.45, 7) is 0. The molecule has 0 saturated heterocycles.